The number of halogens is 2. The predicted molar refractivity (Wildman–Crippen MR) is 71.3 cm³/mol. The van der Waals surface area contributed by atoms with E-state index in [1.807, 2.05) is 6.92 Å². The van der Waals surface area contributed by atoms with Crippen molar-refractivity contribution in [2.24, 2.45) is 0 Å². The maximum Gasteiger partial charge on any atom is 0.260 e. The molecule has 1 heterocycles. The van der Waals surface area contributed by atoms with Crippen LogP contribution in [0.5, 0.6) is 0 Å². The van der Waals surface area contributed by atoms with Gasteiger partial charge in [0.15, 0.2) is 0 Å². The van der Waals surface area contributed by atoms with E-state index >= 15 is 0 Å². The van der Waals surface area contributed by atoms with Crippen LogP contribution in [0.4, 0.5) is 9.52 Å². The predicted octanol–water partition coefficient (Wildman–Crippen LogP) is 3.25. The van der Waals surface area contributed by atoms with E-state index in [0.717, 1.165) is 11.4 Å². The molecule has 0 saturated carbocycles. The van der Waals surface area contributed by atoms with Crippen LogP contribution in [0.15, 0.2) is 22.7 Å². The average Bonchev–Trinajstić information content (AvgIpc) is 2.80. The highest BCUT2D eigenvalue weighted by Gasteiger charge is 2.14. The van der Waals surface area contributed by atoms with Crippen molar-refractivity contribution in [1.82, 2.24) is 10.2 Å². The minimum absolute atomic E-state index is 0.0300. The quantitative estimate of drug-likeness (QED) is 0.940. The smallest absolute Gasteiger partial charge is 0.260 e. The van der Waals surface area contributed by atoms with Crippen molar-refractivity contribution in [2.45, 2.75) is 13.3 Å². The number of nitrogens with one attached hydrogen (secondary N) is 1. The van der Waals surface area contributed by atoms with Gasteiger partial charge in [-0.15, -0.1) is 10.2 Å². The van der Waals surface area contributed by atoms with Gasteiger partial charge >= 0.3 is 0 Å². The van der Waals surface area contributed by atoms with E-state index < -0.39 is 11.7 Å². The van der Waals surface area contributed by atoms with Crippen molar-refractivity contribution in [3.8, 4) is 0 Å². The first-order valence-electron chi connectivity index (χ1n) is 5.19. The fourth-order valence-corrected chi connectivity index (χ4v) is 2.32. The van der Waals surface area contributed by atoms with Gasteiger partial charge in [-0.25, -0.2) is 4.39 Å². The molecule has 2 aromatic rings. The van der Waals surface area contributed by atoms with E-state index in [2.05, 4.69) is 31.4 Å². The lowest BCUT2D eigenvalue weighted by Crippen LogP contribution is -2.13. The third kappa shape index (κ3) is 2.91. The minimum Gasteiger partial charge on any atom is -0.296 e. The molecule has 0 radical (unpaired) electrons. The zero-order valence-corrected chi connectivity index (χ0v) is 11.8. The Labute approximate surface area is 115 Å². The zero-order valence-electron chi connectivity index (χ0n) is 9.41. The Hall–Kier alpha value is -1.34. The van der Waals surface area contributed by atoms with Crippen molar-refractivity contribution >= 4 is 38.3 Å². The maximum absolute atomic E-state index is 13.5. The Kier molecular flexibility index (Phi) is 4.03. The van der Waals surface area contributed by atoms with Crippen molar-refractivity contribution < 1.29 is 9.18 Å². The van der Waals surface area contributed by atoms with Crippen LogP contribution in [0.2, 0.25) is 0 Å². The molecule has 1 aromatic heterocycles. The monoisotopic (exact) mass is 329 g/mol. The van der Waals surface area contributed by atoms with Gasteiger partial charge in [0.05, 0.1) is 5.56 Å². The third-order valence-electron chi connectivity index (χ3n) is 2.16. The Morgan fingerprint density at radius 2 is 2.28 bits per heavy atom. The number of carbonyl (C=O) groups excluding carboxylic acids is 1. The van der Waals surface area contributed by atoms with Crippen LogP contribution < -0.4 is 5.32 Å². The van der Waals surface area contributed by atoms with Gasteiger partial charge in [-0.05, 0) is 24.6 Å². The molecule has 0 bridgehead atoms. The van der Waals surface area contributed by atoms with Crippen LogP contribution in [0.3, 0.4) is 0 Å². The molecular weight excluding hydrogens is 321 g/mol. The molecule has 0 atom stereocenters. The average molecular weight is 330 g/mol. The summed E-state index contributed by atoms with van der Waals surface area (Å²) in [4.78, 5) is 11.9. The molecule has 4 nitrogen and oxygen atoms in total. The van der Waals surface area contributed by atoms with E-state index in [4.69, 9.17) is 0 Å². The number of rotatable bonds is 3. The van der Waals surface area contributed by atoms with Crippen LogP contribution in [0.1, 0.15) is 22.3 Å². The second-order valence-corrected chi connectivity index (χ2v) is 5.41. The van der Waals surface area contributed by atoms with Crippen molar-refractivity contribution in [3.05, 3.63) is 39.1 Å². The van der Waals surface area contributed by atoms with Gasteiger partial charge in [0.1, 0.15) is 10.8 Å². The first-order chi connectivity index (χ1) is 8.60. The topological polar surface area (TPSA) is 54.9 Å². The number of hydrogen-bond donors (Lipinski definition) is 1. The third-order valence-corrected chi connectivity index (χ3v) is 3.64. The highest BCUT2D eigenvalue weighted by Crippen LogP contribution is 2.19. The maximum atomic E-state index is 13.5. The van der Waals surface area contributed by atoms with Crippen molar-refractivity contribution in [1.29, 1.82) is 0 Å². The molecule has 0 aliphatic heterocycles. The standard InChI is InChI=1S/C11H9BrFN3OS/c1-2-9-15-16-11(18-9)14-10(17)7-5-6(12)3-4-8(7)13/h3-5H,2H2,1H3,(H,14,16,17). The molecule has 0 fully saturated rings. The second kappa shape index (κ2) is 5.53. The first kappa shape index (κ1) is 13.1. The van der Waals surface area contributed by atoms with E-state index in [9.17, 15) is 9.18 Å². The highest BCUT2D eigenvalue weighted by atomic mass is 79.9. The number of aryl methyl sites for hydroxylation is 1. The molecule has 1 amide bonds. The summed E-state index contributed by atoms with van der Waals surface area (Å²) in [5.41, 5.74) is -0.0300. The molecule has 0 aliphatic carbocycles. The summed E-state index contributed by atoms with van der Waals surface area (Å²) < 4.78 is 14.1. The van der Waals surface area contributed by atoms with Crippen molar-refractivity contribution in [3.63, 3.8) is 0 Å². The molecule has 0 aliphatic rings. The first-order valence-corrected chi connectivity index (χ1v) is 6.80. The SMILES string of the molecule is CCc1nnc(NC(=O)c2cc(Br)ccc2F)s1. The number of benzene rings is 1. The highest BCUT2D eigenvalue weighted by molar-refractivity contribution is 9.10. The minimum atomic E-state index is -0.573. The Morgan fingerprint density at radius 3 is 2.94 bits per heavy atom. The number of hydrogen-bond acceptors (Lipinski definition) is 4. The lowest BCUT2D eigenvalue weighted by atomic mass is 10.2. The fraction of sp³-hybridized carbons (Fsp3) is 0.182. The second-order valence-electron chi connectivity index (χ2n) is 3.43. The summed E-state index contributed by atoms with van der Waals surface area (Å²) in [6.07, 6.45) is 0.749. The fourth-order valence-electron chi connectivity index (χ4n) is 1.28. The number of carbonyl (C=O) groups is 1. The summed E-state index contributed by atoms with van der Waals surface area (Å²) in [7, 11) is 0. The van der Waals surface area contributed by atoms with Crippen LogP contribution in [-0.2, 0) is 6.42 Å². The number of amides is 1. The normalized spacial score (nSPS) is 10.4. The summed E-state index contributed by atoms with van der Waals surface area (Å²) in [5.74, 6) is -1.11. The molecule has 2 rings (SSSR count). The largest absolute Gasteiger partial charge is 0.296 e. The lowest BCUT2D eigenvalue weighted by molar-refractivity contribution is 0.102. The molecule has 7 heteroatoms. The molecule has 0 spiro atoms. The van der Waals surface area contributed by atoms with Crippen LogP contribution >= 0.6 is 27.3 Å². The van der Waals surface area contributed by atoms with E-state index in [1.54, 1.807) is 0 Å². The molecule has 0 saturated heterocycles. The van der Waals surface area contributed by atoms with Crippen LogP contribution in [0, 0.1) is 5.82 Å². The van der Waals surface area contributed by atoms with Crippen LogP contribution in [0.25, 0.3) is 0 Å². The summed E-state index contributed by atoms with van der Waals surface area (Å²) >= 11 is 4.47. The van der Waals surface area contributed by atoms with Gasteiger partial charge in [-0.3, -0.25) is 10.1 Å². The Bertz CT molecular complexity index is 587. The number of aromatic nitrogens is 2. The van der Waals surface area contributed by atoms with Gasteiger partial charge < -0.3 is 0 Å². The Balaban J connectivity index is 2.19. The van der Waals surface area contributed by atoms with E-state index in [0.29, 0.717) is 9.60 Å². The van der Waals surface area contributed by atoms with Gasteiger partial charge in [-0.2, -0.15) is 0 Å². The molecule has 0 unspecified atom stereocenters. The van der Waals surface area contributed by atoms with Gasteiger partial charge in [-0.1, -0.05) is 34.2 Å². The molecule has 1 aromatic carbocycles. The van der Waals surface area contributed by atoms with E-state index in [-0.39, 0.29) is 5.56 Å². The van der Waals surface area contributed by atoms with Gasteiger partial charge in [0.2, 0.25) is 5.13 Å². The lowest BCUT2D eigenvalue weighted by Gasteiger charge is -2.03. The molecule has 94 valence electrons. The number of nitrogens with zero attached hydrogens (tertiary/aromatic N) is 2. The Morgan fingerprint density at radius 1 is 1.50 bits per heavy atom. The molecule has 1 N–H and O–H groups in total. The number of anilines is 1. The van der Waals surface area contributed by atoms with Gasteiger partial charge in [0, 0.05) is 4.47 Å². The van der Waals surface area contributed by atoms with Gasteiger partial charge in [0.25, 0.3) is 5.91 Å². The summed E-state index contributed by atoms with van der Waals surface area (Å²) in [6, 6.07) is 4.19. The van der Waals surface area contributed by atoms with E-state index in [1.165, 1.54) is 29.5 Å². The van der Waals surface area contributed by atoms with Crippen molar-refractivity contribution in [2.75, 3.05) is 5.32 Å². The van der Waals surface area contributed by atoms with Crippen LogP contribution in [-0.4, -0.2) is 16.1 Å². The summed E-state index contributed by atoms with van der Waals surface area (Å²) in [5, 5.41) is 11.4. The zero-order chi connectivity index (χ0) is 13.1. The molecule has 18 heavy (non-hydrogen) atoms. The molecular formula is C11H9BrFN3OS. The summed E-state index contributed by atoms with van der Waals surface area (Å²) in [6.45, 7) is 1.94.